The molecule has 1 saturated heterocycles. The van der Waals surface area contributed by atoms with Crippen LogP contribution in [0.1, 0.15) is 86.5 Å². The summed E-state index contributed by atoms with van der Waals surface area (Å²) >= 11 is 0. The van der Waals surface area contributed by atoms with Crippen LogP contribution in [-0.4, -0.2) is 33.9 Å². The van der Waals surface area contributed by atoms with Crippen LogP contribution in [0.4, 0.5) is 0 Å². The molecule has 1 heterocycles. The lowest BCUT2D eigenvalue weighted by Crippen LogP contribution is -2.68. The minimum Gasteiger partial charge on any atom is -0.314 e. The molecule has 0 aromatic heterocycles. The highest BCUT2D eigenvalue weighted by Crippen LogP contribution is 2.44. The number of hydrogen-bond donors (Lipinski definition) is 2. The molecule has 0 spiro atoms. The van der Waals surface area contributed by atoms with Crippen molar-refractivity contribution in [1.82, 2.24) is 10.4 Å². The van der Waals surface area contributed by atoms with E-state index in [0.717, 1.165) is 25.8 Å². The maximum Gasteiger partial charge on any atom is 0.0476 e. The van der Waals surface area contributed by atoms with Gasteiger partial charge in [0.2, 0.25) is 0 Å². The average molecular weight is 299 g/mol. The van der Waals surface area contributed by atoms with Gasteiger partial charge in [-0.1, -0.05) is 47.0 Å². The molecular weight excluding hydrogens is 260 g/mol. The van der Waals surface area contributed by atoms with Crippen LogP contribution in [0, 0.1) is 5.92 Å². The maximum absolute atomic E-state index is 10.8. The zero-order chi connectivity index (χ0) is 16.1. The van der Waals surface area contributed by atoms with Crippen molar-refractivity contribution < 1.29 is 5.21 Å². The Kier molecular flexibility index (Phi) is 7.15. The van der Waals surface area contributed by atoms with E-state index in [1.165, 1.54) is 25.7 Å². The third-order valence-corrected chi connectivity index (χ3v) is 6.15. The van der Waals surface area contributed by atoms with Crippen LogP contribution in [0.5, 0.6) is 0 Å². The smallest absolute Gasteiger partial charge is 0.0476 e. The molecule has 4 atom stereocenters. The molecule has 21 heavy (non-hydrogen) atoms. The summed E-state index contributed by atoms with van der Waals surface area (Å²) in [6.07, 6.45) is 8.23. The molecule has 0 aromatic carbocycles. The van der Waals surface area contributed by atoms with Crippen LogP contribution in [0.2, 0.25) is 0 Å². The molecule has 1 fully saturated rings. The van der Waals surface area contributed by atoms with E-state index >= 15 is 0 Å². The highest BCUT2D eigenvalue weighted by atomic mass is 16.5. The highest BCUT2D eigenvalue weighted by Gasteiger charge is 2.52. The fourth-order valence-electron chi connectivity index (χ4n) is 3.83. The van der Waals surface area contributed by atoms with E-state index in [0.29, 0.717) is 12.0 Å². The summed E-state index contributed by atoms with van der Waals surface area (Å²) in [5.74, 6) is 0.457. The number of nitrogens with one attached hydrogen (secondary N) is 1. The molecule has 0 aromatic rings. The van der Waals surface area contributed by atoms with Crippen molar-refractivity contribution in [1.29, 1.82) is 0 Å². The van der Waals surface area contributed by atoms with Crippen molar-refractivity contribution in [3.63, 3.8) is 0 Å². The predicted octanol–water partition coefficient (Wildman–Crippen LogP) is 4.59. The van der Waals surface area contributed by atoms with Crippen LogP contribution in [-0.2, 0) is 0 Å². The van der Waals surface area contributed by atoms with E-state index in [1.807, 2.05) is 0 Å². The Balaban J connectivity index is 2.71. The summed E-state index contributed by atoms with van der Waals surface area (Å²) < 4.78 is 0. The number of piperidine rings is 1. The fourth-order valence-corrected chi connectivity index (χ4v) is 3.83. The summed E-state index contributed by atoms with van der Waals surface area (Å²) in [7, 11) is 0. The molecule has 0 radical (unpaired) electrons. The average Bonchev–Trinajstić information content (AvgIpc) is 2.50. The summed E-state index contributed by atoms with van der Waals surface area (Å²) in [4.78, 5) is 0. The number of hydroxylamine groups is 2. The van der Waals surface area contributed by atoms with Gasteiger partial charge in [-0.05, 0) is 52.0 Å². The molecule has 3 heteroatoms. The second-order valence-electron chi connectivity index (χ2n) is 7.49. The van der Waals surface area contributed by atoms with Gasteiger partial charge in [0.05, 0.1) is 0 Å². The monoisotopic (exact) mass is 298 g/mol. The molecule has 0 bridgehead atoms. The molecule has 0 aliphatic carbocycles. The molecule has 0 amide bonds. The van der Waals surface area contributed by atoms with Crippen LogP contribution in [0.15, 0.2) is 0 Å². The summed E-state index contributed by atoms with van der Waals surface area (Å²) in [6.45, 7) is 14.5. The van der Waals surface area contributed by atoms with E-state index in [-0.39, 0.29) is 11.1 Å². The van der Waals surface area contributed by atoms with Crippen molar-refractivity contribution in [2.75, 3.05) is 6.54 Å². The Morgan fingerprint density at radius 1 is 1.10 bits per heavy atom. The minimum atomic E-state index is -0.135. The van der Waals surface area contributed by atoms with Gasteiger partial charge in [0.15, 0.2) is 0 Å². The first-order valence-electron chi connectivity index (χ1n) is 9.08. The quantitative estimate of drug-likeness (QED) is 0.643. The normalized spacial score (nSPS) is 37.9. The van der Waals surface area contributed by atoms with E-state index in [4.69, 9.17) is 0 Å². The second-order valence-corrected chi connectivity index (χ2v) is 7.49. The molecule has 1 rings (SSSR count). The van der Waals surface area contributed by atoms with Gasteiger partial charge < -0.3 is 10.5 Å². The van der Waals surface area contributed by atoms with Gasteiger partial charge in [0.1, 0.15) is 0 Å². The largest absolute Gasteiger partial charge is 0.314 e. The standard InChI is InChI=1S/C18H38N2O/c1-7-10-11-12-13-19-16-14-17(5,8-2)20(21)18(6,9-3)15(16)4/h15-16,19,21H,7-14H2,1-6H3. The Morgan fingerprint density at radius 2 is 1.76 bits per heavy atom. The van der Waals surface area contributed by atoms with Crippen molar-refractivity contribution >= 4 is 0 Å². The zero-order valence-electron chi connectivity index (χ0n) is 15.2. The highest BCUT2D eigenvalue weighted by molar-refractivity contribution is 5.05. The van der Waals surface area contributed by atoms with Crippen LogP contribution in [0.25, 0.3) is 0 Å². The van der Waals surface area contributed by atoms with Gasteiger partial charge in [-0.25, -0.2) is 0 Å². The summed E-state index contributed by atoms with van der Waals surface area (Å²) in [6, 6.07) is 0.505. The van der Waals surface area contributed by atoms with Crippen molar-refractivity contribution in [3.05, 3.63) is 0 Å². The first kappa shape index (κ1) is 18.9. The van der Waals surface area contributed by atoms with Gasteiger partial charge in [0.25, 0.3) is 0 Å². The Hall–Kier alpha value is -0.120. The fraction of sp³-hybridized carbons (Fsp3) is 1.00. The topological polar surface area (TPSA) is 35.5 Å². The Morgan fingerprint density at radius 3 is 2.29 bits per heavy atom. The molecule has 126 valence electrons. The Labute approximate surface area is 132 Å². The van der Waals surface area contributed by atoms with Gasteiger partial charge in [-0.2, -0.15) is 5.06 Å². The number of nitrogens with zero attached hydrogens (tertiary/aromatic N) is 1. The lowest BCUT2D eigenvalue weighted by Gasteiger charge is -2.57. The van der Waals surface area contributed by atoms with E-state index in [9.17, 15) is 5.21 Å². The van der Waals surface area contributed by atoms with Crippen LogP contribution < -0.4 is 5.32 Å². The number of hydrogen-bond acceptors (Lipinski definition) is 3. The first-order valence-corrected chi connectivity index (χ1v) is 9.08. The molecule has 0 saturated carbocycles. The SMILES string of the molecule is CCCCCCNC1CC(C)(CC)N(O)C(C)(CC)C1C. The molecule has 4 unspecified atom stereocenters. The third kappa shape index (κ3) is 4.00. The third-order valence-electron chi connectivity index (χ3n) is 6.15. The molecular formula is C18H38N2O. The van der Waals surface area contributed by atoms with Gasteiger partial charge >= 0.3 is 0 Å². The molecule has 2 N–H and O–H groups in total. The van der Waals surface area contributed by atoms with Gasteiger partial charge in [-0.15, -0.1) is 0 Å². The molecule has 1 aliphatic rings. The number of rotatable bonds is 8. The lowest BCUT2D eigenvalue weighted by molar-refractivity contribution is -0.274. The van der Waals surface area contributed by atoms with E-state index < -0.39 is 0 Å². The van der Waals surface area contributed by atoms with Crippen molar-refractivity contribution in [2.24, 2.45) is 5.92 Å². The van der Waals surface area contributed by atoms with Crippen LogP contribution in [0.3, 0.4) is 0 Å². The second kappa shape index (κ2) is 7.94. The van der Waals surface area contributed by atoms with Crippen molar-refractivity contribution in [3.8, 4) is 0 Å². The number of unbranched alkanes of at least 4 members (excludes halogenated alkanes) is 3. The van der Waals surface area contributed by atoms with Crippen molar-refractivity contribution in [2.45, 2.75) is 104 Å². The van der Waals surface area contributed by atoms with Gasteiger partial charge in [0, 0.05) is 17.1 Å². The lowest BCUT2D eigenvalue weighted by atomic mass is 9.68. The van der Waals surface area contributed by atoms with Crippen LogP contribution >= 0.6 is 0 Å². The predicted molar refractivity (Wildman–Crippen MR) is 90.7 cm³/mol. The van der Waals surface area contributed by atoms with E-state index in [1.54, 1.807) is 5.06 Å². The molecule has 3 nitrogen and oxygen atoms in total. The maximum atomic E-state index is 10.8. The minimum absolute atomic E-state index is 0.113. The van der Waals surface area contributed by atoms with E-state index in [2.05, 4.69) is 46.9 Å². The summed E-state index contributed by atoms with van der Waals surface area (Å²) in [5.41, 5.74) is -0.248. The zero-order valence-corrected chi connectivity index (χ0v) is 15.2. The Bertz CT molecular complexity index is 310. The summed E-state index contributed by atoms with van der Waals surface area (Å²) in [5, 5.41) is 16.3. The molecule has 1 aliphatic heterocycles. The first-order chi connectivity index (χ1) is 9.85. The van der Waals surface area contributed by atoms with Gasteiger partial charge in [-0.3, -0.25) is 0 Å².